The van der Waals surface area contributed by atoms with E-state index in [0.717, 1.165) is 43.8 Å². The van der Waals surface area contributed by atoms with E-state index < -0.39 is 0 Å². The number of pyridine rings is 1. The third-order valence-electron chi connectivity index (χ3n) is 7.34. The minimum atomic E-state index is 0.118. The molecule has 6 rings (SSSR count). The summed E-state index contributed by atoms with van der Waals surface area (Å²) in [5.41, 5.74) is 7.03. The molecule has 1 saturated heterocycles. The van der Waals surface area contributed by atoms with Crippen molar-refractivity contribution in [1.82, 2.24) is 19.4 Å². The molecule has 4 aromatic rings. The third kappa shape index (κ3) is 4.11. The Kier molecular flexibility index (Phi) is 5.60. The van der Waals surface area contributed by atoms with Crippen molar-refractivity contribution in [2.24, 2.45) is 0 Å². The molecule has 0 unspecified atom stereocenters. The molecule has 0 N–H and O–H groups in total. The van der Waals surface area contributed by atoms with E-state index in [1.54, 1.807) is 12.5 Å². The Hall–Kier alpha value is -3.87. The summed E-state index contributed by atoms with van der Waals surface area (Å²) in [5, 5.41) is 0. The topological polar surface area (TPSA) is 57.5 Å². The first kappa shape index (κ1) is 21.6. The second kappa shape index (κ2) is 9.06. The second-order valence-corrected chi connectivity index (χ2v) is 9.52. The number of hydrogen-bond acceptors (Lipinski definition) is 5. The highest BCUT2D eigenvalue weighted by atomic mass is 16.2. The monoisotopic (exact) mass is 466 g/mol. The summed E-state index contributed by atoms with van der Waals surface area (Å²) >= 11 is 0. The first-order chi connectivity index (χ1) is 17.2. The minimum absolute atomic E-state index is 0.118. The van der Waals surface area contributed by atoms with E-state index in [9.17, 15) is 4.79 Å². The Bertz CT molecular complexity index is 1350. The molecular formula is C28H30N6O. The number of fused-ring (bicyclic) bond motifs is 2. The Morgan fingerprint density at radius 2 is 1.83 bits per heavy atom. The summed E-state index contributed by atoms with van der Waals surface area (Å²) < 4.78 is 1.85. The predicted molar refractivity (Wildman–Crippen MR) is 139 cm³/mol. The van der Waals surface area contributed by atoms with Crippen molar-refractivity contribution in [3.8, 4) is 0 Å². The third-order valence-corrected chi connectivity index (χ3v) is 7.34. The molecule has 1 amide bonds. The summed E-state index contributed by atoms with van der Waals surface area (Å²) in [4.78, 5) is 28.9. The van der Waals surface area contributed by atoms with Crippen LogP contribution in [0.5, 0.6) is 0 Å². The lowest BCUT2D eigenvalue weighted by molar-refractivity contribution is -0.134. The van der Waals surface area contributed by atoms with Gasteiger partial charge in [0.25, 0.3) is 0 Å². The van der Waals surface area contributed by atoms with Crippen molar-refractivity contribution in [1.29, 1.82) is 0 Å². The van der Waals surface area contributed by atoms with Crippen molar-refractivity contribution in [3.63, 3.8) is 0 Å². The van der Waals surface area contributed by atoms with Crippen LogP contribution in [0.2, 0.25) is 0 Å². The molecule has 0 spiro atoms. The fraction of sp³-hybridized carbons (Fsp3) is 0.321. The molecule has 0 radical (unpaired) electrons. The van der Waals surface area contributed by atoms with Gasteiger partial charge in [0, 0.05) is 56.3 Å². The van der Waals surface area contributed by atoms with Crippen molar-refractivity contribution in [2.75, 3.05) is 36.0 Å². The van der Waals surface area contributed by atoms with E-state index in [-0.39, 0.29) is 18.5 Å². The standard InChI is InChI=1S/C28H30N6O/c1-21-17-32(15-16-34(21)27(35)19-33-20-30-25-10-6-13-29-28(25)33)26-11-5-7-22-12-14-31(18-24(22)26)23-8-3-2-4-9-23/h2-11,13,20-21H,12,14-19H2,1H3/t21-/m1/s1. The first-order valence-corrected chi connectivity index (χ1v) is 12.4. The lowest BCUT2D eigenvalue weighted by Gasteiger charge is -2.43. The van der Waals surface area contributed by atoms with Crippen molar-refractivity contribution in [3.05, 3.63) is 84.3 Å². The van der Waals surface area contributed by atoms with Gasteiger partial charge in [-0.15, -0.1) is 0 Å². The highest BCUT2D eigenvalue weighted by Gasteiger charge is 2.30. The second-order valence-electron chi connectivity index (χ2n) is 9.52. The molecule has 2 aromatic heterocycles. The van der Waals surface area contributed by atoms with Gasteiger partial charge in [-0.1, -0.05) is 30.3 Å². The zero-order chi connectivity index (χ0) is 23.8. The van der Waals surface area contributed by atoms with Crippen LogP contribution in [0.4, 0.5) is 11.4 Å². The highest BCUT2D eigenvalue weighted by molar-refractivity contribution is 5.79. The summed E-state index contributed by atoms with van der Waals surface area (Å²) in [7, 11) is 0. The number of carbonyl (C=O) groups excluding carboxylic acids is 1. The van der Waals surface area contributed by atoms with E-state index in [4.69, 9.17) is 0 Å². The van der Waals surface area contributed by atoms with Gasteiger partial charge < -0.3 is 19.3 Å². The molecule has 0 saturated carbocycles. The zero-order valence-electron chi connectivity index (χ0n) is 20.0. The van der Waals surface area contributed by atoms with E-state index in [2.05, 4.69) is 75.2 Å². The van der Waals surface area contributed by atoms with Gasteiger partial charge >= 0.3 is 0 Å². The van der Waals surface area contributed by atoms with E-state index in [1.807, 2.05) is 21.6 Å². The maximum absolute atomic E-state index is 13.2. The van der Waals surface area contributed by atoms with E-state index >= 15 is 0 Å². The molecule has 7 heteroatoms. The van der Waals surface area contributed by atoms with Crippen LogP contribution in [0, 0.1) is 0 Å². The average Bonchev–Trinajstić information content (AvgIpc) is 3.31. The van der Waals surface area contributed by atoms with Crippen molar-refractivity contribution >= 4 is 28.4 Å². The van der Waals surface area contributed by atoms with Gasteiger partial charge in [-0.2, -0.15) is 0 Å². The van der Waals surface area contributed by atoms with Gasteiger partial charge in [-0.25, -0.2) is 9.97 Å². The molecule has 1 atom stereocenters. The first-order valence-electron chi connectivity index (χ1n) is 12.4. The minimum Gasteiger partial charge on any atom is -0.367 e. The van der Waals surface area contributed by atoms with Gasteiger partial charge in [0.15, 0.2) is 5.65 Å². The summed E-state index contributed by atoms with van der Waals surface area (Å²) in [6.07, 6.45) is 4.51. The number of amides is 1. The van der Waals surface area contributed by atoms with Crippen LogP contribution in [0.1, 0.15) is 18.1 Å². The van der Waals surface area contributed by atoms with Gasteiger partial charge in [0.1, 0.15) is 12.1 Å². The molecule has 2 aromatic carbocycles. The Balaban J connectivity index is 1.17. The Morgan fingerprint density at radius 1 is 0.943 bits per heavy atom. The Labute approximate surface area is 205 Å². The largest absolute Gasteiger partial charge is 0.367 e. The van der Waals surface area contributed by atoms with Crippen molar-refractivity contribution in [2.45, 2.75) is 32.5 Å². The normalized spacial score (nSPS) is 18.1. The van der Waals surface area contributed by atoms with Crippen LogP contribution in [0.3, 0.4) is 0 Å². The van der Waals surface area contributed by atoms with Crippen LogP contribution in [0.15, 0.2) is 73.2 Å². The number of carbonyl (C=O) groups is 1. The molecule has 1 fully saturated rings. The van der Waals surface area contributed by atoms with E-state index in [1.165, 1.54) is 22.5 Å². The molecule has 0 aliphatic carbocycles. The van der Waals surface area contributed by atoms with Crippen molar-refractivity contribution < 1.29 is 4.79 Å². The lowest BCUT2D eigenvalue weighted by atomic mass is 9.96. The summed E-state index contributed by atoms with van der Waals surface area (Å²) in [6, 6.07) is 21.3. The van der Waals surface area contributed by atoms with Crippen LogP contribution in [-0.4, -0.2) is 57.6 Å². The number of para-hydroxylation sites is 1. The fourth-order valence-electron chi connectivity index (χ4n) is 5.51. The molecule has 7 nitrogen and oxygen atoms in total. The molecule has 2 aliphatic rings. The smallest absolute Gasteiger partial charge is 0.242 e. The number of imidazole rings is 1. The number of aromatic nitrogens is 3. The van der Waals surface area contributed by atoms with Crippen LogP contribution in [0.25, 0.3) is 11.2 Å². The molecular weight excluding hydrogens is 436 g/mol. The van der Waals surface area contributed by atoms with Gasteiger partial charge in [0.2, 0.25) is 5.91 Å². The number of benzene rings is 2. The van der Waals surface area contributed by atoms with Crippen LogP contribution in [-0.2, 0) is 24.3 Å². The Morgan fingerprint density at radius 3 is 2.69 bits per heavy atom. The maximum Gasteiger partial charge on any atom is 0.242 e. The fourth-order valence-corrected chi connectivity index (χ4v) is 5.51. The lowest BCUT2D eigenvalue weighted by Crippen LogP contribution is -2.55. The summed E-state index contributed by atoms with van der Waals surface area (Å²) in [5.74, 6) is 0.118. The molecule has 35 heavy (non-hydrogen) atoms. The average molecular weight is 467 g/mol. The maximum atomic E-state index is 13.2. The zero-order valence-corrected chi connectivity index (χ0v) is 20.0. The SMILES string of the molecule is C[C@@H]1CN(c2cccc3c2CN(c2ccccc2)CC3)CCN1C(=O)Cn1cnc2cccnc21. The molecule has 4 heterocycles. The van der Waals surface area contributed by atoms with Gasteiger partial charge in [-0.05, 0) is 54.8 Å². The highest BCUT2D eigenvalue weighted by Crippen LogP contribution is 2.32. The van der Waals surface area contributed by atoms with Gasteiger partial charge in [-0.3, -0.25) is 4.79 Å². The van der Waals surface area contributed by atoms with Gasteiger partial charge in [0.05, 0.1) is 6.33 Å². The summed E-state index contributed by atoms with van der Waals surface area (Å²) in [6.45, 7) is 6.76. The number of rotatable bonds is 4. The number of anilines is 2. The predicted octanol–water partition coefficient (Wildman–Crippen LogP) is 3.73. The molecule has 2 aliphatic heterocycles. The van der Waals surface area contributed by atoms with Crippen LogP contribution >= 0.6 is 0 Å². The van der Waals surface area contributed by atoms with E-state index in [0.29, 0.717) is 6.54 Å². The number of piperazine rings is 1. The number of nitrogens with zero attached hydrogens (tertiary/aromatic N) is 6. The van der Waals surface area contributed by atoms with Crippen LogP contribution < -0.4 is 9.80 Å². The quantitative estimate of drug-likeness (QED) is 0.459. The number of hydrogen-bond donors (Lipinski definition) is 0. The molecule has 178 valence electrons. The molecule has 0 bridgehead atoms.